The molecule has 1 aromatic carbocycles. The molecular weight excluding hydrogens is 310 g/mol. The number of nitrogens with zero attached hydrogens (tertiary/aromatic N) is 3. The van der Waals surface area contributed by atoms with Gasteiger partial charge in [-0.15, -0.1) is 11.3 Å². The lowest BCUT2D eigenvalue weighted by Gasteiger charge is -2.23. The number of thiophene rings is 1. The van der Waals surface area contributed by atoms with Crippen molar-refractivity contribution in [3.8, 4) is 16.5 Å². The Balaban J connectivity index is 1.69. The van der Waals surface area contributed by atoms with E-state index < -0.39 is 0 Å². The third-order valence-corrected chi connectivity index (χ3v) is 4.70. The average Bonchev–Trinajstić information content (AvgIpc) is 3.25. The highest BCUT2D eigenvalue weighted by atomic mass is 32.1. The monoisotopic (exact) mass is 329 g/mol. The van der Waals surface area contributed by atoms with Crippen LogP contribution in [-0.2, 0) is 6.54 Å². The SMILES string of the molecule is COc1cccc([C@H](C)N(C)Cc2nc(-c3cccs3)no2)c1. The largest absolute Gasteiger partial charge is 0.497 e. The van der Waals surface area contributed by atoms with Gasteiger partial charge in [0.25, 0.3) is 0 Å². The molecule has 0 aliphatic heterocycles. The summed E-state index contributed by atoms with van der Waals surface area (Å²) in [6.07, 6.45) is 0. The summed E-state index contributed by atoms with van der Waals surface area (Å²) in [5.41, 5.74) is 1.19. The normalized spacial score (nSPS) is 12.5. The van der Waals surface area contributed by atoms with Crippen molar-refractivity contribution in [2.45, 2.75) is 19.5 Å². The highest BCUT2D eigenvalue weighted by molar-refractivity contribution is 7.13. The highest BCUT2D eigenvalue weighted by Crippen LogP contribution is 2.25. The molecule has 0 aliphatic rings. The van der Waals surface area contributed by atoms with Crippen molar-refractivity contribution < 1.29 is 9.26 Å². The smallest absolute Gasteiger partial charge is 0.241 e. The lowest BCUT2D eigenvalue weighted by atomic mass is 10.1. The lowest BCUT2D eigenvalue weighted by Crippen LogP contribution is -2.22. The molecule has 0 unspecified atom stereocenters. The first-order chi connectivity index (χ1) is 11.2. The van der Waals surface area contributed by atoms with E-state index in [4.69, 9.17) is 9.26 Å². The second-order valence-electron chi connectivity index (χ2n) is 5.36. The maximum Gasteiger partial charge on any atom is 0.241 e. The van der Waals surface area contributed by atoms with Crippen LogP contribution in [0.1, 0.15) is 24.4 Å². The number of rotatable bonds is 6. The Kier molecular flexibility index (Phi) is 4.73. The number of hydrogen-bond acceptors (Lipinski definition) is 6. The van der Waals surface area contributed by atoms with Gasteiger partial charge >= 0.3 is 0 Å². The quantitative estimate of drug-likeness (QED) is 0.684. The molecule has 0 saturated carbocycles. The van der Waals surface area contributed by atoms with Crippen LogP contribution in [-0.4, -0.2) is 29.2 Å². The zero-order valence-electron chi connectivity index (χ0n) is 13.4. The van der Waals surface area contributed by atoms with Gasteiger partial charge in [0.1, 0.15) is 5.75 Å². The highest BCUT2D eigenvalue weighted by Gasteiger charge is 2.16. The summed E-state index contributed by atoms with van der Waals surface area (Å²) in [6.45, 7) is 2.74. The third-order valence-electron chi connectivity index (χ3n) is 3.83. The fourth-order valence-corrected chi connectivity index (χ4v) is 2.98. The first-order valence-corrected chi connectivity index (χ1v) is 8.26. The Morgan fingerprint density at radius 3 is 2.91 bits per heavy atom. The van der Waals surface area contributed by atoms with Gasteiger partial charge in [0.2, 0.25) is 11.7 Å². The number of hydrogen-bond donors (Lipinski definition) is 0. The van der Waals surface area contributed by atoms with Crippen molar-refractivity contribution >= 4 is 11.3 Å². The van der Waals surface area contributed by atoms with Gasteiger partial charge in [-0.25, -0.2) is 0 Å². The summed E-state index contributed by atoms with van der Waals surface area (Å²) < 4.78 is 10.7. The minimum atomic E-state index is 0.210. The van der Waals surface area contributed by atoms with Gasteiger partial charge in [0.15, 0.2) is 0 Å². The Morgan fingerprint density at radius 2 is 2.17 bits per heavy atom. The van der Waals surface area contributed by atoms with E-state index in [0.717, 1.165) is 10.6 Å². The molecule has 3 rings (SSSR count). The van der Waals surface area contributed by atoms with E-state index >= 15 is 0 Å². The molecule has 23 heavy (non-hydrogen) atoms. The summed E-state index contributed by atoms with van der Waals surface area (Å²) in [6, 6.07) is 12.3. The first-order valence-electron chi connectivity index (χ1n) is 7.38. The van der Waals surface area contributed by atoms with Crippen LogP contribution < -0.4 is 4.74 Å². The second-order valence-corrected chi connectivity index (χ2v) is 6.30. The van der Waals surface area contributed by atoms with Gasteiger partial charge in [-0.05, 0) is 43.1 Å². The van der Waals surface area contributed by atoms with Crippen LogP contribution in [0.25, 0.3) is 10.7 Å². The van der Waals surface area contributed by atoms with E-state index in [2.05, 4.69) is 28.0 Å². The molecule has 0 amide bonds. The molecule has 2 aromatic heterocycles. The predicted octanol–water partition coefficient (Wildman–Crippen LogP) is 4.00. The van der Waals surface area contributed by atoms with E-state index in [9.17, 15) is 0 Å². The maximum atomic E-state index is 5.37. The van der Waals surface area contributed by atoms with Crippen LogP contribution in [0, 0.1) is 0 Å². The zero-order valence-corrected chi connectivity index (χ0v) is 14.2. The van der Waals surface area contributed by atoms with E-state index in [1.165, 1.54) is 5.56 Å². The molecule has 0 bridgehead atoms. The summed E-state index contributed by atoms with van der Waals surface area (Å²) in [4.78, 5) is 7.65. The number of methoxy groups -OCH3 is 1. The molecule has 0 spiro atoms. The standard InChI is InChI=1S/C17H19N3O2S/c1-12(13-6-4-7-14(10-13)21-3)20(2)11-16-18-17(19-22-16)15-8-5-9-23-15/h4-10,12H,11H2,1-3H3/t12-/m0/s1. The first kappa shape index (κ1) is 15.7. The molecule has 2 heterocycles. The third kappa shape index (κ3) is 3.60. The van der Waals surface area contributed by atoms with Gasteiger partial charge in [0.05, 0.1) is 18.5 Å². The summed E-state index contributed by atoms with van der Waals surface area (Å²) in [5, 5.41) is 6.05. The predicted molar refractivity (Wildman–Crippen MR) is 90.5 cm³/mol. The maximum absolute atomic E-state index is 5.37. The van der Waals surface area contributed by atoms with Gasteiger partial charge in [-0.2, -0.15) is 4.98 Å². The molecule has 0 radical (unpaired) electrons. The zero-order chi connectivity index (χ0) is 16.2. The number of benzene rings is 1. The van der Waals surface area contributed by atoms with Crippen molar-refractivity contribution in [1.82, 2.24) is 15.0 Å². The number of ether oxygens (including phenoxy) is 1. The molecule has 3 aromatic rings. The average molecular weight is 329 g/mol. The topological polar surface area (TPSA) is 51.4 Å². The van der Waals surface area contributed by atoms with Crippen LogP contribution >= 0.6 is 11.3 Å². The molecular formula is C17H19N3O2S. The minimum Gasteiger partial charge on any atom is -0.497 e. The van der Waals surface area contributed by atoms with E-state index in [1.807, 2.05) is 42.8 Å². The van der Waals surface area contributed by atoms with E-state index in [-0.39, 0.29) is 6.04 Å². The van der Waals surface area contributed by atoms with Crippen molar-refractivity contribution in [2.75, 3.05) is 14.2 Å². The molecule has 0 saturated heterocycles. The second kappa shape index (κ2) is 6.93. The van der Waals surface area contributed by atoms with Gasteiger partial charge in [0, 0.05) is 6.04 Å². The summed E-state index contributed by atoms with van der Waals surface area (Å²) in [7, 11) is 3.72. The Morgan fingerprint density at radius 1 is 1.30 bits per heavy atom. The van der Waals surface area contributed by atoms with E-state index in [0.29, 0.717) is 18.3 Å². The van der Waals surface area contributed by atoms with Crippen molar-refractivity contribution in [3.05, 3.63) is 53.2 Å². The van der Waals surface area contributed by atoms with Crippen molar-refractivity contribution in [2.24, 2.45) is 0 Å². The fraction of sp³-hybridized carbons (Fsp3) is 0.294. The minimum absolute atomic E-state index is 0.210. The molecule has 6 heteroatoms. The van der Waals surface area contributed by atoms with Crippen LogP contribution in [0.3, 0.4) is 0 Å². The molecule has 1 atom stereocenters. The van der Waals surface area contributed by atoms with E-state index in [1.54, 1.807) is 18.4 Å². The van der Waals surface area contributed by atoms with Crippen molar-refractivity contribution in [1.29, 1.82) is 0 Å². The molecule has 5 nitrogen and oxygen atoms in total. The Bertz CT molecular complexity index is 755. The van der Waals surface area contributed by atoms with Crippen LogP contribution in [0.2, 0.25) is 0 Å². The Hall–Kier alpha value is -2.18. The lowest BCUT2D eigenvalue weighted by molar-refractivity contribution is 0.216. The Labute approximate surface area is 139 Å². The van der Waals surface area contributed by atoms with Crippen LogP contribution in [0.4, 0.5) is 0 Å². The van der Waals surface area contributed by atoms with Crippen LogP contribution in [0.5, 0.6) is 5.75 Å². The van der Waals surface area contributed by atoms with Crippen molar-refractivity contribution in [3.63, 3.8) is 0 Å². The molecule has 0 aliphatic carbocycles. The summed E-state index contributed by atoms with van der Waals surface area (Å²) >= 11 is 1.60. The number of aromatic nitrogens is 2. The van der Waals surface area contributed by atoms with Gasteiger partial charge < -0.3 is 9.26 Å². The van der Waals surface area contributed by atoms with Crippen LogP contribution in [0.15, 0.2) is 46.3 Å². The van der Waals surface area contributed by atoms with Gasteiger partial charge in [-0.3, -0.25) is 4.90 Å². The molecule has 0 fully saturated rings. The fourth-order valence-electron chi connectivity index (χ4n) is 2.33. The van der Waals surface area contributed by atoms with Gasteiger partial charge in [-0.1, -0.05) is 23.4 Å². The molecule has 120 valence electrons. The summed E-state index contributed by atoms with van der Waals surface area (Å²) in [5.74, 6) is 2.13. The molecule has 0 N–H and O–H groups in total.